The summed E-state index contributed by atoms with van der Waals surface area (Å²) in [5.41, 5.74) is 0.911. The lowest BCUT2D eigenvalue weighted by Gasteiger charge is -2.35. The standard InChI is InChI=1S/C12H18N2O2/c1-14(10-6-13-7-10)8-9-4-3-5-11(16-2)12(9)15/h3-5,10,13,15H,6-8H2,1-2H3. The Morgan fingerprint density at radius 3 is 2.81 bits per heavy atom. The van der Waals surface area contributed by atoms with Crippen LogP contribution in [-0.2, 0) is 6.54 Å². The molecular formula is C12H18N2O2. The second kappa shape index (κ2) is 4.72. The highest BCUT2D eigenvalue weighted by molar-refractivity contribution is 5.45. The zero-order chi connectivity index (χ0) is 11.5. The third-order valence-electron chi connectivity index (χ3n) is 3.11. The van der Waals surface area contributed by atoms with Crippen LogP contribution in [0.25, 0.3) is 0 Å². The quantitative estimate of drug-likeness (QED) is 0.791. The molecule has 1 heterocycles. The van der Waals surface area contributed by atoms with E-state index in [-0.39, 0.29) is 5.75 Å². The number of likely N-dealkylation sites (N-methyl/N-ethyl adjacent to an activating group) is 1. The lowest BCUT2D eigenvalue weighted by atomic mass is 10.1. The highest BCUT2D eigenvalue weighted by atomic mass is 16.5. The summed E-state index contributed by atoms with van der Waals surface area (Å²) in [7, 11) is 3.64. The van der Waals surface area contributed by atoms with Gasteiger partial charge in [0.25, 0.3) is 0 Å². The summed E-state index contributed by atoms with van der Waals surface area (Å²) < 4.78 is 5.09. The molecule has 1 aromatic carbocycles. The zero-order valence-electron chi connectivity index (χ0n) is 9.73. The van der Waals surface area contributed by atoms with Gasteiger partial charge in [-0.2, -0.15) is 0 Å². The fourth-order valence-corrected chi connectivity index (χ4v) is 1.84. The van der Waals surface area contributed by atoms with Gasteiger partial charge in [0.2, 0.25) is 0 Å². The first-order valence-electron chi connectivity index (χ1n) is 5.48. The van der Waals surface area contributed by atoms with Gasteiger partial charge >= 0.3 is 0 Å². The van der Waals surface area contributed by atoms with Gasteiger partial charge in [0.1, 0.15) is 0 Å². The Balaban J connectivity index is 2.08. The number of ether oxygens (including phenoxy) is 1. The van der Waals surface area contributed by atoms with Crippen LogP contribution in [0.4, 0.5) is 0 Å². The molecule has 0 aliphatic carbocycles. The minimum absolute atomic E-state index is 0.254. The number of nitrogens with one attached hydrogen (secondary N) is 1. The second-order valence-corrected chi connectivity index (χ2v) is 4.20. The molecule has 1 fully saturated rings. The van der Waals surface area contributed by atoms with E-state index in [9.17, 15) is 5.11 Å². The van der Waals surface area contributed by atoms with E-state index in [0.717, 1.165) is 25.2 Å². The van der Waals surface area contributed by atoms with Crippen LogP contribution in [0.1, 0.15) is 5.56 Å². The van der Waals surface area contributed by atoms with Gasteiger partial charge in [0, 0.05) is 31.2 Å². The van der Waals surface area contributed by atoms with Gasteiger partial charge in [-0.3, -0.25) is 4.90 Å². The van der Waals surface area contributed by atoms with Crippen molar-refractivity contribution in [2.75, 3.05) is 27.2 Å². The smallest absolute Gasteiger partial charge is 0.162 e. The molecule has 0 amide bonds. The Kier molecular flexibility index (Phi) is 3.31. The predicted molar refractivity (Wildman–Crippen MR) is 62.8 cm³/mol. The Labute approximate surface area is 95.8 Å². The lowest BCUT2D eigenvalue weighted by Crippen LogP contribution is -2.55. The maximum absolute atomic E-state index is 9.94. The normalized spacial score (nSPS) is 16.2. The first kappa shape index (κ1) is 11.2. The molecule has 1 saturated heterocycles. The van der Waals surface area contributed by atoms with Gasteiger partial charge < -0.3 is 15.2 Å². The number of rotatable bonds is 4. The summed E-state index contributed by atoms with van der Waals surface area (Å²) in [6.07, 6.45) is 0. The molecule has 0 radical (unpaired) electrons. The molecule has 0 spiro atoms. The number of benzene rings is 1. The van der Waals surface area contributed by atoms with Crippen molar-refractivity contribution in [1.29, 1.82) is 0 Å². The van der Waals surface area contributed by atoms with Crippen molar-refractivity contribution in [2.24, 2.45) is 0 Å². The summed E-state index contributed by atoms with van der Waals surface area (Å²) in [6, 6.07) is 6.18. The monoisotopic (exact) mass is 222 g/mol. The molecule has 16 heavy (non-hydrogen) atoms. The number of aromatic hydroxyl groups is 1. The van der Waals surface area contributed by atoms with Crippen molar-refractivity contribution in [3.8, 4) is 11.5 Å². The van der Waals surface area contributed by atoms with Crippen molar-refractivity contribution in [3.05, 3.63) is 23.8 Å². The van der Waals surface area contributed by atoms with Crippen LogP contribution < -0.4 is 10.1 Å². The van der Waals surface area contributed by atoms with Crippen LogP contribution in [0.3, 0.4) is 0 Å². The summed E-state index contributed by atoms with van der Waals surface area (Å²) in [5.74, 6) is 0.793. The Morgan fingerprint density at radius 1 is 1.50 bits per heavy atom. The van der Waals surface area contributed by atoms with E-state index >= 15 is 0 Å². The van der Waals surface area contributed by atoms with E-state index in [4.69, 9.17) is 4.74 Å². The fraction of sp³-hybridized carbons (Fsp3) is 0.500. The molecule has 4 heteroatoms. The summed E-state index contributed by atoms with van der Waals surface area (Å²) in [6.45, 7) is 2.80. The Bertz CT molecular complexity index is 364. The minimum atomic E-state index is 0.254. The average Bonchev–Trinajstić information content (AvgIpc) is 2.18. The fourth-order valence-electron chi connectivity index (χ4n) is 1.84. The molecule has 1 aromatic rings. The van der Waals surface area contributed by atoms with Crippen LogP contribution in [0.2, 0.25) is 0 Å². The number of para-hydroxylation sites is 1. The molecule has 2 rings (SSSR count). The van der Waals surface area contributed by atoms with E-state index in [0.29, 0.717) is 11.8 Å². The number of hydrogen-bond acceptors (Lipinski definition) is 4. The number of hydrogen-bond donors (Lipinski definition) is 2. The third-order valence-corrected chi connectivity index (χ3v) is 3.11. The van der Waals surface area contributed by atoms with Crippen LogP contribution >= 0.6 is 0 Å². The molecule has 1 aliphatic heterocycles. The maximum atomic E-state index is 9.94. The van der Waals surface area contributed by atoms with E-state index < -0.39 is 0 Å². The van der Waals surface area contributed by atoms with Gasteiger partial charge in [-0.25, -0.2) is 0 Å². The van der Waals surface area contributed by atoms with E-state index in [1.807, 2.05) is 12.1 Å². The number of phenols is 1. The van der Waals surface area contributed by atoms with Gasteiger partial charge in [-0.05, 0) is 13.1 Å². The Hall–Kier alpha value is -1.26. The van der Waals surface area contributed by atoms with Crippen LogP contribution in [0.15, 0.2) is 18.2 Å². The number of methoxy groups -OCH3 is 1. The van der Waals surface area contributed by atoms with Crippen LogP contribution in [-0.4, -0.2) is 43.3 Å². The number of phenolic OH excluding ortho intramolecular Hbond substituents is 1. The van der Waals surface area contributed by atoms with Crippen molar-refractivity contribution >= 4 is 0 Å². The predicted octanol–water partition coefficient (Wildman–Crippen LogP) is 0.804. The molecule has 0 unspecified atom stereocenters. The van der Waals surface area contributed by atoms with Gasteiger partial charge in [0.05, 0.1) is 7.11 Å². The highest BCUT2D eigenvalue weighted by Gasteiger charge is 2.22. The van der Waals surface area contributed by atoms with E-state index in [2.05, 4.69) is 17.3 Å². The molecule has 0 bridgehead atoms. The molecule has 0 atom stereocenters. The topological polar surface area (TPSA) is 44.7 Å². The van der Waals surface area contributed by atoms with Crippen molar-refractivity contribution in [1.82, 2.24) is 10.2 Å². The minimum Gasteiger partial charge on any atom is -0.504 e. The molecule has 88 valence electrons. The van der Waals surface area contributed by atoms with Crippen LogP contribution in [0.5, 0.6) is 11.5 Å². The summed E-state index contributed by atoms with van der Waals surface area (Å²) in [5, 5.41) is 13.2. The molecular weight excluding hydrogens is 204 g/mol. The first-order valence-corrected chi connectivity index (χ1v) is 5.48. The van der Waals surface area contributed by atoms with Gasteiger partial charge in [0.15, 0.2) is 11.5 Å². The van der Waals surface area contributed by atoms with Crippen LogP contribution in [0, 0.1) is 0 Å². The number of nitrogens with zero attached hydrogens (tertiary/aromatic N) is 1. The molecule has 0 saturated carbocycles. The molecule has 2 N–H and O–H groups in total. The van der Waals surface area contributed by atoms with Crippen molar-refractivity contribution < 1.29 is 9.84 Å². The Morgan fingerprint density at radius 2 is 2.25 bits per heavy atom. The van der Waals surface area contributed by atoms with Crippen molar-refractivity contribution in [2.45, 2.75) is 12.6 Å². The summed E-state index contributed by atoms with van der Waals surface area (Å²) >= 11 is 0. The molecule has 4 nitrogen and oxygen atoms in total. The SMILES string of the molecule is COc1cccc(CN(C)C2CNC2)c1O. The third kappa shape index (κ3) is 2.13. The van der Waals surface area contributed by atoms with Gasteiger partial charge in [-0.1, -0.05) is 12.1 Å². The van der Waals surface area contributed by atoms with E-state index in [1.54, 1.807) is 13.2 Å². The van der Waals surface area contributed by atoms with E-state index in [1.165, 1.54) is 0 Å². The second-order valence-electron chi connectivity index (χ2n) is 4.20. The van der Waals surface area contributed by atoms with Gasteiger partial charge in [-0.15, -0.1) is 0 Å². The van der Waals surface area contributed by atoms with Crippen molar-refractivity contribution in [3.63, 3.8) is 0 Å². The zero-order valence-corrected chi connectivity index (χ0v) is 9.73. The highest BCUT2D eigenvalue weighted by Crippen LogP contribution is 2.30. The maximum Gasteiger partial charge on any atom is 0.162 e. The lowest BCUT2D eigenvalue weighted by molar-refractivity contribution is 0.171. The first-order chi connectivity index (χ1) is 7.72. The summed E-state index contributed by atoms with van der Waals surface area (Å²) in [4.78, 5) is 2.24. The molecule has 0 aromatic heterocycles. The average molecular weight is 222 g/mol. The largest absolute Gasteiger partial charge is 0.504 e. The molecule has 1 aliphatic rings.